The number of hydrogen-bond donors (Lipinski definition) is 1. The van der Waals surface area contributed by atoms with Crippen LogP contribution in [0.25, 0.3) is 16.3 Å². The van der Waals surface area contributed by atoms with Crippen molar-refractivity contribution >= 4 is 56.7 Å². The molecule has 0 aliphatic heterocycles. The Kier molecular flexibility index (Phi) is 7.10. The second kappa shape index (κ2) is 10.2. The number of aromatic nitrogens is 1. The maximum atomic E-state index is 13.5. The molecule has 2 amide bonds. The summed E-state index contributed by atoms with van der Waals surface area (Å²) in [4.78, 5) is 33.7. The average molecular weight is 490 g/mol. The molecule has 4 rings (SSSR count). The molecule has 2 aromatic carbocycles. The maximum absolute atomic E-state index is 13.5. The molecule has 0 aliphatic carbocycles. The van der Waals surface area contributed by atoms with Crippen LogP contribution in [0.4, 0.5) is 5.69 Å². The molecule has 2 aromatic heterocycles. The molecule has 0 radical (unpaired) electrons. The number of pyridine rings is 1. The van der Waals surface area contributed by atoms with E-state index < -0.39 is 0 Å². The van der Waals surface area contributed by atoms with Gasteiger partial charge in [0.25, 0.3) is 5.91 Å². The highest BCUT2D eigenvalue weighted by molar-refractivity contribution is 7.21. The first-order valence-electron chi connectivity index (χ1n) is 10.8. The van der Waals surface area contributed by atoms with Crippen LogP contribution < -0.4 is 5.32 Å². The molecule has 0 spiro atoms. The van der Waals surface area contributed by atoms with Gasteiger partial charge in [0, 0.05) is 25.1 Å². The molecular formula is C27H24ClN3O2S. The fourth-order valence-electron chi connectivity index (χ4n) is 3.70. The summed E-state index contributed by atoms with van der Waals surface area (Å²) >= 11 is 7.75. The predicted octanol–water partition coefficient (Wildman–Crippen LogP) is 6.49. The van der Waals surface area contributed by atoms with Gasteiger partial charge in [-0.25, -0.2) is 4.98 Å². The highest BCUT2D eigenvalue weighted by atomic mass is 35.5. The number of rotatable bonds is 6. The molecule has 34 heavy (non-hydrogen) atoms. The molecule has 0 fully saturated rings. The number of nitrogens with zero attached hydrogens (tertiary/aromatic N) is 2. The highest BCUT2D eigenvalue weighted by Gasteiger charge is 2.25. The quantitative estimate of drug-likeness (QED) is 0.315. The summed E-state index contributed by atoms with van der Waals surface area (Å²) in [6.07, 6.45) is 3.19. The molecule has 172 valence electrons. The van der Waals surface area contributed by atoms with Crippen LogP contribution in [0.15, 0.2) is 66.7 Å². The van der Waals surface area contributed by atoms with E-state index in [2.05, 4.69) is 10.3 Å². The molecule has 0 unspecified atom stereocenters. The van der Waals surface area contributed by atoms with Crippen LogP contribution in [-0.2, 0) is 11.3 Å². The van der Waals surface area contributed by atoms with Crippen molar-refractivity contribution in [3.05, 3.63) is 99.0 Å². The predicted molar refractivity (Wildman–Crippen MR) is 140 cm³/mol. The standard InChI is InChI=1S/C27H24ClN3O2S/c1-17-22-24(30-21(32)15-14-19-10-6-4-7-11-19)25(34-26(22)29-18(2)23(17)28)27(33)31(3)16-20-12-8-5-9-13-20/h4-15H,16H2,1-3H3,(H,30,32). The zero-order chi connectivity index (χ0) is 24.2. The zero-order valence-corrected chi connectivity index (χ0v) is 20.7. The smallest absolute Gasteiger partial charge is 0.266 e. The van der Waals surface area contributed by atoms with E-state index in [9.17, 15) is 9.59 Å². The van der Waals surface area contributed by atoms with Crippen molar-refractivity contribution in [1.82, 2.24) is 9.88 Å². The van der Waals surface area contributed by atoms with Gasteiger partial charge in [-0.15, -0.1) is 11.3 Å². The Labute approximate surface area is 207 Å². The van der Waals surface area contributed by atoms with Gasteiger partial charge < -0.3 is 10.2 Å². The fourth-order valence-corrected chi connectivity index (χ4v) is 5.07. The molecule has 2 heterocycles. The zero-order valence-electron chi connectivity index (χ0n) is 19.1. The molecule has 0 saturated heterocycles. The minimum absolute atomic E-state index is 0.192. The number of nitrogens with one attached hydrogen (secondary N) is 1. The molecule has 5 nitrogen and oxygen atoms in total. The van der Waals surface area contributed by atoms with E-state index in [4.69, 9.17) is 11.6 Å². The Morgan fingerprint density at radius 3 is 2.38 bits per heavy atom. The number of carbonyl (C=O) groups is 2. The molecular weight excluding hydrogens is 466 g/mol. The lowest BCUT2D eigenvalue weighted by molar-refractivity contribution is -0.111. The van der Waals surface area contributed by atoms with Crippen LogP contribution in [0.1, 0.15) is 32.1 Å². The third-order valence-electron chi connectivity index (χ3n) is 5.46. The van der Waals surface area contributed by atoms with Crippen molar-refractivity contribution in [2.24, 2.45) is 0 Å². The summed E-state index contributed by atoms with van der Waals surface area (Å²) < 4.78 is 0. The number of thiophene rings is 1. The molecule has 4 aromatic rings. The monoisotopic (exact) mass is 489 g/mol. The molecule has 0 saturated carbocycles. The van der Waals surface area contributed by atoms with Crippen molar-refractivity contribution in [1.29, 1.82) is 0 Å². The first-order chi connectivity index (χ1) is 16.3. The van der Waals surface area contributed by atoms with Gasteiger partial charge in [-0.05, 0) is 36.6 Å². The summed E-state index contributed by atoms with van der Waals surface area (Å²) in [7, 11) is 1.75. The first kappa shape index (κ1) is 23.7. The second-order valence-electron chi connectivity index (χ2n) is 8.00. The van der Waals surface area contributed by atoms with Gasteiger partial charge in [-0.3, -0.25) is 9.59 Å². The van der Waals surface area contributed by atoms with Crippen LogP contribution >= 0.6 is 22.9 Å². The summed E-state index contributed by atoms with van der Waals surface area (Å²) in [5.74, 6) is -0.526. The normalized spacial score (nSPS) is 11.2. The van der Waals surface area contributed by atoms with Crippen molar-refractivity contribution in [2.45, 2.75) is 20.4 Å². The third kappa shape index (κ3) is 5.03. The molecule has 0 atom stereocenters. The average Bonchev–Trinajstić information content (AvgIpc) is 3.19. The number of halogens is 1. The lowest BCUT2D eigenvalue weighted by Gasteiger charge is -2.17. The van der Waals surface area contributed by atoms with E-state index in [-0.39, 0.29) is 11.8 Å². The molecule has 1 N–H and O–H groups in total. The van der Waals surface area contributed by atoms with Crippen LogP contribution in [0.5, 0.6) is 0 Å². The highest BCUT2D eigenvalue weighted by Crippen LogP contribution is 2.40. The Morgan fingerprint density at radius 2 is 1.71 bits per heavy atom. The van der Waals surface area contributed by atoms with Gasteiger partial charge in [0.05, 0.1) is 16.4 Å². The summed E-state index contributed by atoms with van der Waals surface area (Å²) in [6.45, 7) is 4.16. The lowest BCUT2D eigenvalue weighted by atomic mass is 10.1. The number of amides is 2. The molecule has 0 aliphatic rings. The summed E-state index contributed by atoms with van der Waals surface area (Å²) in [5.41, 5.74) is 3.84. The first-order valence-corrected chi connectivity index (χ1v) is 12.0. The van der Waals surface area contributed by atoms with E-state index in [0.29, 0.717) is 38.0 Å². The van der Waals surface area contributed by atoms with Crippen LogP contribution in [0, 0.1) is 13.8 Å². The largest absolute Gasteiger partial charge is 0.337 e. The number of fused-ring (bicyclic) bond motifs is 1. The Bertz CT molecular complexity index is 1380. The van der Waals surface area contributed by atoms with E-state index in [1.807, 2.05) is 74.5 Å². The van der Waals surface area contributed by atoms with Gasteiger partial charge in [-0.2, -0.15) is 0 Å². The van der Waals surface area contributed by atoms with Gasteiger partial charge >= 0.3 is 0 Å². The van der Waals surface area contributed by atoms with E-state index in [0.717, 1.165) is 16.7 Å². The minimum Gasteiger partial charge on any atom is -0.337 e. The lowest BCUT2D eigenvalue weighted by Crippen LogP contribution is -2.26. The van der Waals surface area contributed by atoms with Crippen molar-refractivity contribution < 1.29 is 9.59 Å². The van der Waals surface area contributed by atoms with Crippen LogP contribution in [0.3, 0.4) is 0 Å². The Balaban J connectivity index is 1.71. The minimum atomic E-state index is -0.334. The molecule has 7 heteroatoms. The van der Waals surface area contributed by atoms with Crippen LogP contribution in [-0.4, -0.2) is 28.7 Å². The van der Waals surface area contributed by atoms with Crippen LogP contribution in [0.2, 0.25) is 5.02 Å². The van der Waals surface area contributed by atoms with Gasteiger partial charge in [0.15, 0.2) is 0 Å². The number of carbonyl (C=O) groups excluding carboxylic acids is 2. The number of benzene rings is 2. The topological polar surface area (TPSA) is 62.3 Å². The van der Waals surface area contributed by atoms with E-state index in [1.54, 1.807) is 18.0 Å². The SMILES string of the molecule is Cc1nc2sc(C(=O)N(C)Cc3ccccc3)c(NC(=O)C=Cc3ccccc3)c2c(C)c1Cl. The van der Waals surface area contributed by atoms with Crippen molar-refractivity contribution in [3.8, 4) is 0 Å². The number of anilines is 1. The van der Waals surface area contributed by atoms with E-state index in [1.165, 1.54) is 17.4 Å². The number of hydrogen-bond acceptors (Lipinski definition) is 4. The van der Waals surface area contributed by atoms with Gasteiger partial charge in [0.2, 0.25) is 5.91 Å². The van der Waals surface area contributed by atoms with Crippen molar-refractivity contribution in [2.75, 3.05) is 12.4 Å². The summed E-state index contributed by atoms with van der Waals surface area (Å²) in [6, 6.07) is 19.3. The summed E-state index contributed by atoms with van der Waals surface area (Å²) in [5, 5.41) is 4.15. The number of aryl methyl sites for hydroxylation is 2. The molecule has 0 bridgehead atoms. The van der Waals surface area contributed by atoms with Crippen molar-refractivity contribution in [3.63, 3.8) is 0 Å². The Hall–Kier alpha value is -3.48. The van der Waals surface area contributed by atoms with E-state index >= 15 is 0 Å². The second-order valence-corrected chi connectivity index (χ2v) is 9.38. The maximum Gasteiger partial charge on any atom is 0.266 e. The van der Waals surface area contributed by atoms with Gasteiger partial charge in [0.1, 0.15) is 9.71 Å². The Morgan fingerprint density at radius 1 is 1.06 bits per heavy atom. The van der Waals surface area contributed by atoms with Gasteiger partial charge in [-0.1, -0.05) is 72.3 Å². The fraction of sp³-hybridized carbons (Fsp3) is 0.148. The third-order valence-corrected chi connectivity index (χ3v) is 7.09.